The van der Waals surface area contributed by atoms with Crippen LogP contribution in [0.1, 0.15) is 175 Å². The van der Waals surface area contributed by atoms with Crippen molar-refractivity contribution in [2.75, 3.05) is 13.2 Å². The molecule has 0 aliphatic heterocycles. The van der Waals surface area contributed by atoms with E-state index in [1.165, 1.54) is 18.2 Å². The molecule has 3 rings (SSSR count). The number of aromatic hydroxyl groups is 1. The number of phenolic OH excluding ortho intramolecular Hbond substituents is 1. The normalized spacial score (nSPS) is 13.9. The van der Waals surface area contributed by atoms with Gasteiger partial charge in [-0.25, -0.2) is 0 Å². The lowest BCUT2D eigenvalue weighted by molar-refractivity contribution is -0.384. The highest BCUT2D eigenvalue weighted by molar-refractivity contribution is 5.66. The molecule has 0 aliphatic carbocycles. The summed E-state index contributed by atoms with van der Waals surface area (Å²) in [7, 11) is 0. The van der Waals surface area contributed by atoms with Crippen LogP contribution < -0.4 is 15.2 Å². The first-order valence-corrected chi connectivity index (χ1v) is 20.9. The molecule has 3 aromatic carbocycles. The number of nitrogens with two attached hydrogens (primary N) is 1. The van der Waals surface area contributed by atoms with Crippen LogP contribution in [-0.2, 0) is 27.3 Å². The highest BCUT2D eigenvalue weighted by Crippen LogP contribution is 2.49. The van der Waals surface area contributed by atoms with Gasteiger partial charge < -0.3 is 25.4 Å². The molecule has 0 bridgehead atoms. The number of non-ortho nitro benzene ring substituents is 1. The second-order valence-corrected chi connectivity index (χ2v) is 20.2. The number of aliphatic hydroxyl groups is 1. The first kappa shape index (κ1) is 47.5. The molecule has 0 aliphatic rings. The Labute approximate surface area is 344 Å². The van der Waals surface area contributed by atoms with E-state index in [9.17, 15) is 20.3 Å². The Morgan fingerprint density at radius 1 is 0.719 bits per heavy atom. The van der Waals surface area contributed by atoms with E-state index in [4.69, 9.17) is 15.2 Å². The molecule has 8 heteroatoms. The van der Waals surface area contributed by atoms with E-state index in [0.29, 0.717) is 29.9 Å². The Bertz CT molecular complexity index is 1740. The quantitative estimate of drug-likeness (QED) is 0.0795. The Kier molecular flexibility index (Phi) is 15.0. The van der Waals surface area contributed by atoms with E-state index in [-0.39, 0.29) is 44.6 Å². The lowest BCUT2D eigenvalue weighted by Crippen LogP contribution is -2.49. The van der Waals surface area contributed by atoms with Gasteiger partial charge in [-0.05, 0) is 93.5 Å². The van der Waals surface area contributed by atoms with Gasteiger partial charge >= 0.3 is 0 Å². The Balaban J connectivity index is 2.70. The van der Waals surface area contributed by atoms with E-state index in [1.807, 2.05) is 13.8 Å². The van der Waals surface area contributed by atoms with E-state index in [0.717, 1.165) is 59.4 Å². The van der Waals surface area contributed by atoms with Crippen LogP contribution in [0.2, 0.25) is 0 Å². The third-order valence-corrected chi connectivity index (χ3v) is 10.8. The maximum absolute atomic E-state index is 14.1. The molecule has 0 fully saturated rings. The van der Waals surface area contributed by atoms with Crippen LogP contribution in [0.4, 0.5) is 5.69 Å². The van der Waals surface area contributed by atoms with Gasteiger partial charge in [-0.2, -0.15) is 0 Å². The summed E-state index contributed by atoms with van der Waals surface area (Å²) >= 11 is 0. The van der Waals surface area contributed by atoms with Gasteiger partial charge in [0, 0.05) is 39.9 Å². The predicted molar refractivity (Wildman–Crippen MR) is 237 cm³/mol. The zero-order chi connectivity index (χ0) is 43.5. The van der Waals surface area contributed by atoms with Crippen molar-refractivity contribution in [3.8, 4) is 17.2 Å². The van der Waals surface area contributed by atoms with Crippen LogP contribution in [0.15, 0.2) is 48.0 Å². The van der Waals surface area contributed by atoms with Crippen molar-refractivity contribution in [3.63, 3.8) is 0 Å². The summed E-state index contributed by atoms with van der Waals surface area (Å²) in [4.78, 5) is 11.4. The van der Waals surface area contributed by atoms with Crippen LogP contribution >= 0.6 is 0 Å². The summed E-state index contributed by atoms with van der Waals surface area (Å²) in [5.41, 5.74) is 10.00. The Morgan fingerprint density at radius 3 is 1.39 bits per heavy atom. The van der Waals surface area contributed by atoms with E-state index < -0.39 is 16.6 Å². The zero-order valence-electron chi connectivity index (χ0n) is 38.1. The van der Waals surface area contributed by atoms with Crippen LogP contribution in [-0.4, -0.2) is 34.4 Å². The van der Waals surface area contributed by atoms with Crippen molar-refractivity contribution in [2.45, 2.75) is 170 Å². The molecular formula is C49H74N2O6. The molecule has 0 saturated carbocycles. The minimum absolute atomic E-state index is 0.119. The van der Waals surface area contributed by atoms with Crippen molar-refractivity contribution >= 4 is 11.8 Å². The van der Waals surface area contributed by atoms with Crippen molar-refractivity contribution in [1.82, 2.24) is 0 Å². The number of ether oxygens (including phenoxy) is 2. The van der Waals surface area contributed by atoms with E-state index in [1.54, 1.807) is 6.08 Å². The summed E-state index contributed by atoms with van der Waals surface area (Å²) in [5, 5.41) is 36.9. The van der Waals surface area contributed by atoms with Crippen LogP contribution in [0.25, 0.3) is 6.08 Å². The number of rotatable bonds is 15. The first-order valence-electron chi connectivity index (χ1n) is 20.9. The summed E-state index contributed by atoms with van der Waals surface area (Å²) in [5.74, 6) is 1.31. The van der Waals surface area contributed by atoms with Gasteiger partial charge in [0.2, 0.25) is 0 Å². The summed E-state index contributed by atoms with van der Waals surface area (Å²) in [6.45, 7) is 35.3. The molecule has 0 saturated heterocycles. The second kappa shape index (κ2) is 17.9. The van der Waals surface area contributed by atoms with Crippen molar-refractivity contribution in [2.24, 2.45) is 11.7 Å². The van der Waals surface area contributed by atoms with Gasteiger partial charge in [-0.1, -0.05) is 124 Å². The third kappa shape index (κ3) is 11.0. The Hall–Kier alpha value is -3.88. The number of unbranched alkanes of at least 4 members (excludes halogenated alkanes) is 2. The highest BCUT2D eigenvalue weighted by atomic mass is 16.6. The van der Waals surface area contributed by atoms with Gasteiger partial charge in [0.15, 0.2) is 0 Å². The SMILES string of the molecule is CCCCOc1c(C(C)(C)C)cc(C(O)(c2cc(C(C)(C)C)c(OCCCC)c(C(C)(C)C)c2)C(N)C(=Cc2cc([N+](=O)[O-])ccc2O)C(C)C)cc1C(C)(C)C. The smallest absolute Gasteiger partial charge is 0.270 e. The lowest BCUT2D eigenvalue weighted by atomic mass is 9.69. The summed E-state index contributed by atoms with van der Waals surface area (Å²) in [6, 6.07) is 11.1. The monoisotopic (exact) mass is 787 g/mol. The second-order valence-electron chi connectivity index (χ2n) is 20.2. The molecule has 0 amide bonds. The summed E-state index contributed by atoms with van der Waals surface area (Å²) in [6.07, 6.45) is 5.52. The molecule has 0 spiro atoms. The fourth-order valence-corrected chi connectivity index (χ4v) is 7.21. The van der Waals surface area contributed by atoms with Crippen molar-refractivity contribution in [3.05, 3.63) is 97.1 Å². The average Bonchev–Trinajstić information content (AvgIpc) is 3.08. The molecule has 4 N–H and O–H groups in total. The molecule has 8 nitrogen and oxygen atoms in total. The fourth-order valence-electron chi connectivity index (χ4n) is 7.21. The number of nitrogens with zero attached hydrogens (tertiary/aromatic N) is 1. The first-order chi connectivity index (χ1) is 26.1. The van der Waals surface area contributed by atoms with Gasteiger partial charge in [0.25, 0.3) is 5.69 Å². The van der Waals surface area contributed by atoms with Crippen LogP contribution in [0.5, 0.6) is 17.2 Å². The molecular weight excluding hydrogens is 713 g/mol. The standard InChI is InChI=1S/C49H74N2O6/c1-17-19-23-56-42-37(45(5,6)7)27-33(28-38(42)46(8,9)10)49(53,44(50)36(31(3)4)26-32-25-35(51(54)55)21-22-41(32)52)34-29-39(47(11,12)13)43(57-24-20-18-2)40(30-34)48(14,15)16/h21-22,25-31,44,52-53H,17-20,23-24,50H2,1-16H3. The summed E-state index contributed by atoms with van der Waals surface area (Å²) < 4.78 is 13.3. The average molecular weight is 787 g/mol. The van der Waals surface area contributed by atoms with Gasteiger partial charge in [-0.15, -0.1) is 0 Å². The van der Waals surface area contributed by atoms with Crippen LogP contribution in [0, 0.1) is 16.0 Å². The minimum Gasteiger partial charge on any atom is -0.507 e. The van der Waals surface area contributed by atoms with Crippen molar-refractivity contribution < 1.29 is 24.6 Å². The van der Waals surface area contributed by atoms with Gasteiger partial charge in [0.1, 0.15) is 22.8 Å². The fraction of sp³-hybridized carbons (Fsp3) is 0.592. The largest absolute Gasteiger partial charge is 0.507 e. The van der Waals surface area contributed by atoms with E-state index >= 15 is 0 Å². The maximum atomic E-state index is 14.1. The molecule has 0 heterocycles. The maximum Gasteiger partial charge on any atom is 0.270 e. The number of benzene rings is 3. The molecule has 316 valence electrons. The Morgan fingerprint density at radius 2 is 1.09 bits per heavy atom. The number of phenols is 1. The molecule has 57 heavy (non-hydrogen) atoms. The number of hydrogen-bond acceptors (Lipinski definition) is 7. The third-order valence-electron chi connectivity index (χ3n) is 10.8. The van der Waals surface area contributed by atoms with Crippen LogP contribution in [0.3, 0.4) is 0 Å². The molecule has 0 radical (unpaired) electrons. The molecule has 1 unspecified atom stereocenters. The van der Waals surface area contributed by atoms with Crippen molar-refractivity contribution in [1.29, 1.82) is 0 Å². The lowest BCUT2D eigenvalue weighted by Gasteiger charge is -2.41. The topological polar surface area (TPSA) is 128 Å². The number of nitro groups is 1. The highest BCUT2D eigenvalue weighted by Gasteiger charge is 2.45. The van der Waals surface area contributed by atoms with Gasteiger partial charge in [0.05, 0.1) is 24.2 Å². The number of nitro benzene ring substituents is 1. The molecule has 3 aromatic rings. The molecule has 0 aromatic heterocycles. The minimum atomic E-state index is -1.85. The predicted octanol–water partition coefficient (Wildman–Crippen LogP) is 12.2. The number of hydrogen-bond donors (Lipinski definition) is 3. The van der Waals surface area contributed by atoms with E-state index in [2.05, 4.69) is 121 Å². The zero-order valence-corrected chi connectivity index (χ0v) is 38.1. The van der Waals surface area contributed by atoms with Gasteiger partial charge in [-0.3, -0.25) is 10.1 Å². The molecule has 1 atom stereocenters.